The zero-order valence-electron chi connectivity index (χ0n) is 10.2. The smallest absolute Gasteiger partial charge is 0.201 e. The molecular weight excluding hydrogens is 248 g/mol. The van der Waals surface area contributed by atoms with Gasteiger partial charge < -0.3 is 15.6 Å². The average molecular weight is 265 g/mol. The Labute approximate surface area is 111 Å². The number of hydrogen-bond acceptors (Lipinski definition) is 3. The van der Waals surface area contributed by atoms with E-state index in [1.165, 1.54) is 12.8 Å². The fraction of sp³-hybridized carbons (Fsp3) is 0.462. The lowest BCUT2D eigenvalue weighted by atomic mass is 10.1. The van der Waals surface area contributed by atoms with Crippen molar-refractivity contribution in [1.29, 1.82) is 0 Å². The number of rotatable bonds is 1. The van der Waals surface area contributed by atoms with Gasteiger partial charge in [-0.2, -0.15) is 0 Å². The molecule has 18 heavy (non-hydrogen) atoms. The SMILES string of the molecule is Nc1nc2cccc(Cl)c2n1[C@@H]1CCCCNC1. The van der Waals surface area contributed by atoms with Crippen molar-refractivity contribution in [3.63, 3.8) is 0 Å². The highest BCUT2D eigenvalue weighted by Crippen LogP contribution is 2.31. The molecule has 3 rings (SSSR count). The van der Waals surface area contributed by atoms with Crippen LogP contribution in [0.5, 0.6) is 0 Å². The highest BCUT2D eigenvalue weighted by Gasteiger charge is 2.20. The standard InChI is InChI=1S/C13H17ClN4/c14-10-5-3-6-11-12(10)18(13(15)17-11)9-4-1-2-7-16-8-9/h3,5-6,9,16H,1-2,4,7-8H2,(H2,15,17)/t9-/m1/s1. The highest BCUT2D eigenvalue weighted by atomic mass is 35.5. The van der Waals surface area contributed by atoms with Crippen LogP contribution in [0.4, 0.5) is 5.95 Å². The first-order valence-electron chi connectivity index (χ1n) is 6.40. The van der Waals surface area contributed by atoms with Crippen molar-refractivity contribution in [2.45, 2.75) is 25.3 Å². The van der Waals surface area contributed by atoms with Gasteiger partial charge in [-0.25, -0.2) is 4.98 Å². The van der Waals surface area contributed by atoms with Gasteiger partial charge in [0.2, 0.25) is 5.95 Å². The van der Waals surface area contributed by atoms with E-state index in [0.29, 0.717) is 12.0 Å². The summed E-state index contributed by atoms with van der Waals surface area (Å²) < 4.78 is 2.09. The second-order valence-corrected chi connectivity index (χ2v) is 5.21. The molecule has 1 aliphatic rings. The minimum atomic E-state index is 0.345. The maximum atomic E-state index is 6.30. The van der Waals surface area contributed by atoms with Crippen molar-refractivity contribution in [1.82, 2.24) is 14.9 Å². The number of hydrogen-bond donors (Lipinski definition) is 2. The molecule has 96 valence electrons. The number of benzene rings is 1. The van der Waals surface area contributed by atoms with Crippen LogP contribution in [0.2, 0.25) is 5.02 Å². The van der Waals surface area contributed by atoms with Gasteiger partial charge in [0, 0.05) is 12.6 Å². The van der Waals surface area contributed by atoms with Gasteiger partial charge in [-0.15, -0.1) is 0 Å². The van der Waals surface area contributed by atoms with Crippen molar-refractivity contribution in [3.8, 4) is 0 Å². The van der Waals surface area contributed by atoms with Crippen LogP contribution in [0.25, 0.3) is 11.0 Å². The molecule has 1 saturated heterocycles. The quantitative estimate of drug-likeness (QED) is 0.832. The first-order chi connectivity index (χ1) is 8.77. The second-order valence-electron chi connectivity index (χ2n) is 4.80. The Morgan fingerprint density at radius 2 is 2.28 bits per heavy atom. The molecule has 1 aliphatic heterocycles. The topological polar surface area (TPSA) is 55.9 Å². The number of fused-ring (bicyclic) bond motifs is 1. The van der Waals surface area contributed by atoms with Crippen LogP contribution in [0, 0.1) is 0 Å². The molecule has 5 heteroatoms. The molecule has 0 aliphatic carbocycles. The number of anilines is 1. The van der Waals surface area contributed by atoms with Gasteiger partial charge in [0.15, 0.2) is 0 Å². The number of nitrogens with two attached hydrogens (primary N) is 1. The van der Waals surface area contributed by atoms with Gasteiger partial charge in [0.25, 0.3) is 0 Å². The molecule has 4 nitrogen and oxygen atoms in total. The molecule has 0 saturated carbocycles. The summed E-state index contributed by atoms with van der Waals surface area (Å²) in [5.74, 6) is 0.562. The summed E-state index contributed by atoms with van der Waals surface area (Å²) in [6, 6.07) is 6.11. The van der Waals surface area contributed by atoms with Crippen LogP contribution in [-0.2, 0) is 0 Å². The van der Waals surface area contributed by atoms with Crippen LogP contribution >= 0.6 is 11.6 Å². The van der Waals surface area contributed by atoms with Crippen LogP contribution < -0.4 is 11.1 Å². The zero-order valence-corrected chi connectivity index (χ0v) is 11.0. The van der Waals surface area contributed by atoms with Gasteiger partial charge in [-0.3, -0.25) is 0 Å². The molecule has 1 atom stereocenters. The molecule has 0 radical (unpaired) electrons. The van der Waals surface area contributed by atoms with Gasteiger partial charge in [-0.1, -0.05) is 24.1 Å². The van der Waals surface area contributed by atoms with Crippen LogP contribution in [0.15, 0.2) is 18.2 Å². The minimum Gasteiger partial charge on any atom is -0.369 e. The average Bonchev–Trinajstić information content (AvgIpc) is 2.54. The van der Waals surface area contributed by atoms with E-state index in [0.717, 1.165) is 35.6 Å². The van der Waals surface area contributed by atoms with E-state index in [9.17, 15) is 0 Å². The van der Waals surface area contributed by atoms with E-state index in [1.807, 2.05) is 18.2 Å². The number of nitrogens with one attached hydrogen (secondary N) is 1. The number of aromatic nitrogens is 2. The van der Waals surface area contributed by atoms with Gasteiger partial charge in [0.1, 0.15) is 0 Å². The molecule has 2 aromatic rings. The summed E-state index contributed by atoms with van der Waals surface area (Å²) in [5.41, 5.74) is 7.91. The third kappa shape index (κ3) is 1.95. The lowest BCUT2D eigenvalue weighted by Gasteiger charge is -2.19. The summed E-state index contributed by atoms with van der Waals surface area (Å²) in [7, 11) is 0. The molecule has 0 amide bonds. The lowest BCUT2D eigenvalue weighted by Crippen LogP contribution is -2.24. The van der Waals surface area contributed by atoms with E-state index in [2.05, 4.69) is 14.9 Å². The maximum Gasteiger partial charge on any atom is 0.201 e. The molecule has 0 unspecified atom stereocenters. The van der Waals surface area contributed by atoms with Crippen LogP contribution in [0.1, 0.15) is 25.3 Å². The molecule has 0 spiro atoms. The summed E-state index contributed by atoms with van der Waals surface area (Å²) in [6.07, 6.45) is 3.55. The van der Waals surface area contributed by atoms with Crippen molar-refractivity contribution in [2.24, 2.45) is 0 Å². The monoisotopic (exact) mass is 264 g/mol. The molecule has 1 aromatic heterocycles. The van der Waals surface area contributed by atoms with Crippen molar-refractivity contribution in [2.75, 3.05) is 18.8 Å². The first kappa shape index (κ1) is 11.8. The van der Waals surface area contributed by atoms with E-state index in [4.69, 9.17) is 17.3 Å². The number of nitrogens with zero attached hydrogens (tertiary/aromatic N) is 2. The van der Waals surface area contributed by atoms with E-state index in [1.54, 1.807) is 0 Å². The fourth-order valence-corrected chi connectivity index (χ4v) is 2.98. The molecule has 3 N–H and O–H groups in total. The lowest BCUT2D eigenvalue weighted by molar-refractivity contribution is 0.477. The van der Waals surface area contributed by atoms with E-state index >= 15 is 0 Å². The Balaban J connectivity index is 2.12. The van der Waals surface area contributed by atoms with Crippen LogP contribution in [-0.4, -0.2) is 22.6 Å². The summed E-state index contributed by atoms with van der Waals surface area (Å²) in [5, 5.41) is 4.17. The molecule has 2 heterocycles. The largest absolute Gasteiger partial charge is 0.369 e. The normalized spacial score (nSPS) is 21.1. The molecule has 1 fully saturated rings. The van der Waals surface area contributed by atoms with E-state index in [-0.39, 0.29) is 0 Å². The summed E-state index contributed by atoms with van der Waals surface area (Å²) >= 11 is 6.30. The predicted octanol–water partition coefficient (Wildman–Crippen LogP) is 2.59. The van der Waals surface area contributed by atoms with Crippen LogP contribution in [0.3, 0.4) is 0 Å². The van der Waals surface area contributed by atoms with Crippen molar-refractivity contribution in [3.05, 3.63) is 23.2 Å². The number of nitrogen functional groups attached to an aromatic ring is 1. The third-order valence-corrected chi connectivity index (χ3v) is 3.88. The predicted molar refractivity (Wildman–Crippen MR) is 74.9 cm³/mol. The Morgan fingerprint density at radius 1 is 1.39 bits per heavy atom. The molecule has 0 bridgehead atoms. The summed E-state index contributed by atoms with van der Waals surface area (Å²) in [4.78, 5) is 4.41. The number of halogens is 1. The number of para-hydroxylation sites is 1. The summed E-state index contributed by atoms with van der Waals surface area (Å²) in [6.45, 7) is 2.01. The van der Waals surface area contributed by atoms with Crippen molar-refractivity contribution < 1.29 is 0 Å². The second kappa shape index (κ2) is 4.78. The molecular formula is C13H17ClN4. The zero-order chi connectivity index (χ0) is 12.5. The highest BCUT2D eigenvalue weighted by molar-refractivity contribution is 6.35. The Hall–Kier alpha value is -1.26. The molecule has 1 aromatic carbocycles. The number of imidazole rings is 1. The first-order valence-corrected chi connectivity index (χ1v) is 6.78. The van der Waals surface area contributed by atoms with Gasteiger partial charge in [-0.05, 0) is 31.5 Å². The Kier molecular flexibility index (Phi) is 3.14. The van der Waals surface area contributed by atoms with Crippen molar-refractivity contribution >= 4 is 28.6 Å². The maximum absolute atomic E-state index is 6.30. The third-order valence-electron chi connectivity index (χ3n) is 3.57. The Bertz CT molecular complexity index is 555. The minimum absolute atomic E-state index is 0.345. The van der Waals surface area contributed by atoms with Gasteiger partial charge in [0.05, 0.1) is 16.1 Å². The Morgan fingerprint density at radius 3 is 3.17 bits per heavy atom. The fourth-order valence-electron chi connectivity index (χ4n) is 2.72. The van der Waals surface area contributed by atoms with Gasteiger partial charge >= 0.3 is 0 Å². The van der Waals surface area contributed by atoms with E-state index < -0.39 is 0 Å².